The van der Waals surface area contributed by atoms with Crippen molar-refractivity contribution in [3.05, 3.63) is 88.8 Å². The molecule has 4 rings (SSSR count). The van der Waals surface area contributed by atoms with Crippen LogP contribution in [0.3, 0.4) is 0 Å². The Morgan fingerprint density at radius 2 is 1.66 bits per heavy atom. The number of hydrogen-bond donors (Lipinski definition) is 1. The van der Waals surface area contributed by atoms with Crippen LogP contribution in [0.5, 0.6) is 5.75 Å². The number of methoxy groups -OCH3 is 1. The van der Waals surface area contributed by atoms with Crippen molar-refractivity contribution in [2.24, 2.45) is 0 Å². The molecule has 1 N–H and O–H groups in total. The topological polar surface area (TPSA) is 36.3 Å². The Bertz CT molecular complexity index is 1230. The summed E-state index contributed by atoms with van der Waals surface area (Å²) in [5, 5.41) is 2.12. The molecule has 146 valence electrons. The predicted octanol–water partition coefficient (Wildman–Crippen LogP) is 4.60. The minimum atomic E-state index is 0.815. The fraction of sp³-hybridized carbons (Fsp3) is 0.192. The molecule has 0 unspecified atom stereocenters. The van der Waals surface area contributed by atoms with Crippen LogP contribution in [0.4, 0.5) is 5.69 Å². The third kappa shape index (κ3) is 3.95. The van der Waals surface area contributed by atoms with Gasteiger partial charge in [0.1, 0.15) is 17.1 Å². The van der Waals surface area contributed by atoms with E-state index in [1.807, 2.05) is 24.3 Å². The Morgan fingerprint density at radius 3 is 2.34 bits per heavy atom. The summed E-state index contributed by atoms with van der Waals surface area (Å²) in [7, 11) is 1.67. The van der Waals surface area contributed by atoms with Crippen molar-refractivity contribution in [1.29, 1.82) is 0 Å². The first-order valence-electron chi connectivity index (χ1n) is 9.96. The van der Waals surface area contributed by atoms with E-state index in [4.69, 9.17) is 9.15 Å². The molecule has 0 aliphatic rings. The van der Waals surface area contributed by atoms with Gasteiger partial charge >= 0.3 is 0 Å². The summed E-state index contributed by atoms with van der Waals surface area (Å²) in [6.45, 7) is 6.43. The maximum absolute atomic E-state index is 6.26. The lowest BCUT2D eigenvalue weighted by Gasteiger charge is -2.06. The van der Waals surface area contributed by atoms with Crippen molar-refractivity contribution in [1.82, 2.24) is 0 Å². The molecule has 0 spiro atoms. The largest absolute Gasteiger partial charge is 0.497 e. The van der Waals surface area contributed by atoms with Gasteiger partial charge in [-0.1, -0.05) is 19.1 Å². The van der Waals surface area contributed by atoms with Gasteiger partial charge in [0.15, 0.2) is 0 Å². The fourth-order valence-corrected chi connectivity index (χ4v) is 3.43. The van der Waals surface area contributed by atoms with Gasteiger partial charge in [-0.05, 0) is 73.4 Å². The molecule has 0 fully saturated rings. The lowest BCUT2D eigenvalue weighted by molar-refractivity contribution is -0.400. The zero-order valence-electron chi connectivity index (χ0n) is 17.4. The molecule has 0 aliphatic carbocycles. The fourth-order valence-electron chi connectivity index (χ4n) is 3.43. The third-order valence-corrected chi connectivity index (χ3v) is 5.40. The summed E-state index contributed by atoms with van der Waals surface area (Å²) in [4.78, 5) is 3.61. The second-order valence-corrected chi connectivity index (χ2v) is 7.36. The molecule has 0 bridgehead atoms. The summed E-state index contributed by atoms with van der Waals surface area (Å²) >= 11 is 0. The first-order chi connectivity index (χ1) is 14.1. The zero-order valence-corrected chi connectivity index (χ0v) is 17.4. The molecule has 3 heteroatoms. The summed E-state index contributed by atoms with van der Waals surface area (Å²) in [6.07, 6.45) is 0.985. The van der Waals surface area contributed by atoms with Gasteiger partial charge in [0.25, 0.3) is 0 Å². The van der Waals surface area contributed by atoms with Crippen LogP contribution in [-0.4, -0.2) is 7.11 Å². The Kier molecular flexibility index (Phi) is 5.22. The van der Waals surface area contributed by atoms with E-state index in [2.05, 4.69) is 68.2 Å². The Morgan fingerprint density at radius 1 is 0.862 bits per heavy atom. The number of ether oxygens (including phenoxy) is 1. The third-order valence-electron chi connectivity index (χ3n) is 5.40. The van der Waals surface area contributed by atoms with E-state index in [-0.39, 0.29) is 0 Å². The van der Waals surface area contributed by atoms with Crippen LogP contribution in [0, 0.1) is 13.8 Å². The van der Waals surface area contributed by atoms with Gasteiger partial charge in [-0.15, -0.1) is 0 Å². The SMILES string of the molecule is CCc1ccc2oc(-c3ccc(OC)cc3)cc(=[NH+]c3ccc(C)c(C)c3)c2c1. The average molecular weight is 384 g/mol. The Balaban J connectivity index is 1.95. The number of aryl methyl sites for hydroxylation is 3. The highest BCUT2D eigenvalue weighted by molar-refractivity contribution is 5.79. The molecule has 1 aromatic heterocycles. The average Bonchev–Trinajstić information content (AvgIpc) is 2.76. The monoisotopic (exact) mass is 384 g/mol. The van der Waals surface area contributed by atoms with Gasteiger partial charge in [-0.2, -0.15) is 0 Å². The van der Waals surface area contributed by atoms with Crippen molar-refractivity contribution in [2.45, 2.75) is 27.2 Å². The molecule has 1 heterocycles. The maximum atomic E-state index is 6.26. The normalized spacial score (nSPS) is 11.8. The summed E-state index contributed by atoms with van der Waals surface area (Å²) < 4.78 is 11.5. The summed E-state index contributed by atoms with van der Waals surface area (Å²) in [5.74, 6) is 1.64. The molecule has 3 nitrogen and oxygen atoms in total. The maximum Gasteiger partial charge on any atom is 0.218 e. The highest BCUT2D eigenvalue weighted by Crippen LogP contribution is 2.24. The van der Waals surface area contributed by atoms with Gasteiger partial charge in [-0.3, -0.25) is 0 Å². The van der Waals surface area contributed by atoms with Crippen LogP contribution in [-0.2, 0) is 6.42 Å². The van der Waals surface area contributed by atoms with E-state index in [0.29, 0.717) is 0 Å². The standard InChI is InChI=1S/C26H25NO2/c1-5-19-7-13-25-23(15-19)24(27-21-10-6-17(2)18(3)14-21)16-26(29-25)20-8-11-22(28-4)12-9-20/h6-16H,5H2,1-4H3/p+1. The van der Waals surface area contributed by atoms with E-state index >= 15 is 0 Å². The van der Waals surface area contributed by atoms with Crippen molar-refractivity contribution in [3.63, 3.8) is 0 Å². The number of hydrogen-bond acceptors (Lipinski definition) is 2. The first kappa shape index (κ1) is 19.0. The molecule has 0 radical (unpaired) electrons. The number of rotatable bonds is 4. The Hall–Kier alpha value is -3.33. The van der Waals surface area contributed by atoms with E-state index in [1.54, 1.807) is 7.11 Å². The molecule has 4 aromatic rings. The molecule has 3 aromatic carbocycles. The van der Waals surface area contributed by atoms with Crippen LogP contribution in [0.2, 0.25) is 0 Å². The molecular formula is C26H26NO2+. The van der Waals surface area contributed by atoms with E-state index < -0.39 is 0 Å². The van der Waals surface area contributed by atoms with Gasteiger partial charge in [-0.25, -0.2) is 4.99 Å². The minimum absolute atomic E-state index is 0.815. The molecule has 0 saturated carbocycles. The second kappa shape index (κ2) is 7.96. The van der Waals surface area contributed by atoms with Crippen molar-refractivity contribution in [3.8, 4) is 17.1 Å². The summed E-state index contributed by atoms with van der Waals surface area (Å²) in [5.41, 5.74) is 6.79. The van der Waals surface area contributed by atoms with Crippen molar-refractivity contribution < 1.29 is 14.1 Å². The lowest BCUT2D eigenvalue weighted by Crippen LogP contribution is -2.70. The lowest BCUT2D eigenvalue weighted by atomic mass is 10.1. The van der Waals surface area contributed by atoms with Gasteiger partial charge in [0.2, 0.25) is 11.0 Å². The minimum Gasteiger partial charge on any atom is -0.497 e. The molecule has 0 atom stereocenters. The van der Waals surface area contributed by atoms with Gasteiger partial charge < -0.3 is 9.15 Å². The van der Waals surface area contributed by atoms with Crippen LogP contribution in [0.15, 0.2) is 71.1 Å². The zero-order chi connectivity index (χ0) is 20.4. The number of fused-ring (bicyclic) bond motifs is 1. The van der Waals surface area contributed by atoms with Crippen LogP contribution in [0.25, 0.3) is 22.3 Å². The van der Waals surface area contributed by atoms with E-state index in [0.717, 1.165) is 45.5 Å². The quantitative estimate of drug-likeness (QED) is 0.558. The Labute approximate surface area is 171 Å². The van der Waals surface area contributed by atoms with Crippen LogP contribution < -0.4 is 15.1 Å². The van der Waals surface area contributed by atoms with E-state index in [9.17, 15) is 0 Å². The van der Waals surface area contributed by atoms with Crippen molar-refractivity contribution >= 4 is 16.7 Å². The van der Waals surface area contributed by atoms with Gasteiger partial charge in [0, 0.05) is 17.7 Å². The number of benzene rings is 3. The predicted molar refractivity (Wildman–Crippen MR) is 117 cm³/mol. The molecule has 0 aliphatic heterocycles. The molecular weight excluding hydrogens is 358 g/mol. The van der Waals surface area contributed by atoms with Crippen LogP contribution >= 0.6 is 0 Å². The first-order valence-corrected chi connectivity index (χ1v) is 9.96. The molecule has 29 heavy (non-hydrogen) atoms. The molecule has 0 saturated heterocycles. The highest BCUT2D eigenvalue weighted by Gasteiger charge is 2.11. The summed E-state index contributed by atoms with van der Waals surface area (Å²) in [6, 6.07) is 22.9. The van der Waals surface area contributed by atoms with Gasteiger partial charge in [0.05, 0.1) is 18.6 Å². The number of nitrogens with one attached hydrogen (secondary N) is 1. The second-order valence-electron chi connectivity index (χ2n) is 7.36. The smallest absolute Gasteiger partial charge is 0.218 e. The molecule has 0 amide bonds. The van der Waals surface area contributed by atoms with E-state index in [1.165, 1.54) is 16.7 Å². The van der Waals surface area contributed by atoms with Crippen LogP contribution in [0.1, 0.15) is 23.6 Å². The van der Waals surface area contributed by atoms with Crippen molar-refractivity contribution in [2.75, 3.05) is 7.11 Å². The highest BCUT2D eigenvalue weighted by atomic mass is 16.5.